The third-order valence-electron chi connectivity index (χ3n) is 3.26. The Labute approximate surface area is 111 Å². The van der Waals surface area contributed by atoms with Crippen LogP contribution in [-0.2, 0) is 0 Å². The molecule has 2 rings (SSSR count). The van der Waals surface area contributed by atoms with E-state index in [1.165, 1.54) is 19.3 Å². The van der Waals surface area contributed by atoms with Gasteiger partial charge in [-0.3, -0.25) is 10.1 Å². The van der Waals surface area contributed by atoms with Crippen molar-refractivity contribution in [2.75, 3.05) is 11.1 Å². The van der Waals surface area contributed by atoms with Gasteiger partial charge in [0, 0.05) is 29.1 Å². The van der Waals surface area contributed by atoms with Crippen LogP contribution in [-0.4, -0.2) is 22.0 Å². The molecule has 1 aliphatic carbocycles. The van der Waals surface area contributed by atoms with Crippen LogP contribution in [0, 0.1) is 10.1 Å². The fourth-order valence-corrected chi connectivity index (χ4v) is 3.60. The molecule has 0 saturated heterocycles. The molecule has 2 unspecified atom stereocenters. The summed E-state index contributed by atoms with van der Waals surface area (Å²) in [6.45, 7) is 2.19. The predicted octanol–water partition coefficient (Wildman–Crippen LogP) is 3.68. The first-order valence-electron chi connectivity index (χ1n) is 6.33. The van der Waals surface area contributed by atoms with Gasteiger partial charge in [-0.2, -0.15) is 11.8 Å². The molecule has 0 spiro atoms. The molecule has 1 N–H and O–H groups in total. The second-order valence-electron chi connectivity index (χ2n) is 4.48. The van der Waals surface area contributed by atoms with Gasteiger partial charge in [-0.25, -0.2) is 0 Å². The number of thioether (sulfide) groups is 1. The maximum Gasteiger partial charge on any atom is 0.269 e. The van der Waals surface area contributed by atoms with Crippen molar-refractivity contribution in [3.05, 3.63) is 34.4 Å². The first-order chi connectivity index (χ1) is 8.70. The van der Waals surface area contributed by atoms with Crippen molar-refractivity contribution in [2.24, 2.45) is 0 Å². The fourth-order valence-electron chi connectivity index (χ4n) is 2.40. The van der Waals surface area contributed by atoms with E-state index in [2.05, 4.69) is 12.2 Å². The summed E-state index contributed by atoms with van der Waals surface area (Å²) in [6, 6.07) is 7.20. The predicted molar refractivity (Wildman–Crippen MR) is 76.3 cm³/mol. The number of nitrogens with one attached hydrogen (secondary N) is 1. The molecule has 1 aliphatic rings. The van der Waals surface area contributed by atoms with Gasteiger partial charge in [0.2, 0.25) is 0 Å². The van der Waals surface area contributed by atoms with Crippen LogP contribution in [0.1, 0.15) is 26.2 Å². The normalized spacial score (nSPS) is 22.9. The lowest BCUT2D eigenvalue weighted by Crippen LogP contribution is -2.26. The first kappa shape index (κ1) is 13.2. The molecule has 0 heterocycles. The van der Waals surface area contributed by atoms with E-state index >= 15 is 0 Å². The van der Waals surface area contributed by atoms with Crippen LogP contribution in [0.15, 0.2) is 24.3 Å². The van der Waals surface area contributed by atoms with Gasteiger partial charge in [0.1, 0.15) is 0 Å². The Hall–Kier alpha value is -1.23. The molecule has 4 nitrogen and oxygen atoms in total. The molecular weight excluding hydrogens is 248 g/mol. The van der Waals surface area contributed by atoms with Crippen LogP contribution in [0.3, 0.4) is 0 Å². The van der Waals surface area contributed by atoms with Crippen LogP contribution < -0.4 is 5.32 Å². The molecule has 0 amide bonds. The van der Waals surface area contributed by atoms with E-state index in [1.54, 1.807) is 24.3 Å². The van der Waals surface area contributed by atoms with Crippen molar-refractivity contribution in [1.82, 2.24) is 0 Å². The van der Waals surface area contributed by atoms with E-state index in [0.29, 0.717) is 11.3 Å². The average molecular weight is 266 g/mol. The van der Waals surface area contributed by atoms with Gasteiger partial charge in [-0.15, -0.1) is 0 Å². The molecule has 1 aromatic rings. The van der Waals surface area contributed by atoms with E-state index in [0.717, 1.165) is 11.4 Å². The smallest absolute Gasteiger partial charge is 0.269 e. The van der Waals surface area contributed by atoms with Gasteiger partial charge >= 0.3 is 0 Å². The molecule has 0 aromatic heterocycles. The highest BCUT2D eigenvalue weighted by Gasteiger charge is 2.26. The number of nitro benzene ring substituents is 1. The maximum absolute atomic E-state index is 10.6. The average Bonchev–Trinajstić information content (AvgIpc) is 2.78. The Balaban J connectivity index is 1.98. The Morgan fingerprint density at radius 2 is 2.11 bits per heavy atom. The lowest BCUT2D eigenvalue weighted by molar-refractivity contribution is -0.384. The van der Waals surface area contributed by atoms with Crippen molar-refractivity contribution in [3.63, 3.8) is 0 Å². The molecule has 1 aromatic carbocycles. The first-order valence-corrected chi connectivity index (χ1v) is 7.38. The summed E-state index contributed by atoms with van der Waals surface area (Å²) in [5.41, 5.74) is 1.13. The van der Waals surface area contributed by atoms with Gasteiger partial charge in [-0.1, -0.05) is 13.3 Å². The standard InChI is InChI=1S/C13H18N2O2S/c1-2-18-13-5-3-4-12(13)14-10-6-8-11(9-7-10)15(16)17/h6-9,12-14H,2-5H2,1H3. The maximum atomic E-state index is 10.6. The highest BCUT2D eigenvalue weighted by Crippen LogP contribution is 2.32. The zero-order chi connectivity index (χ0) is 13.0. The van der Waals surface area contributed by atoms with Crippen LogP contribution in [0.25, 0.3) is 0 Å². The third-order valence-corrected chi connectivity index (χ3v) is 4.59. The number of nitro groups is 1. The Morgan fingerprint density at radius 3 is 2.72 bits per heavy atom. The highest BCUT2D eigenvalue weighted by molar-refractivity contribution is 7.99. The SMILES string of the molecule is CCSC1CCCC1Nc1ccc([N+](=O)[O-])cc1. The van der Waals surface area contributed by atoms with Crippen molar-refractivity contribution in [2.45, 2.75) is 37.5 Å². The zero-order valence-electron chi connectivity index (χ0n) is 10.5. The van der Waals surface area contributed by atoms with Crippen molar-refractivity contribution in [3.8, 4) is 0 Å². The summed E-state index contributed by atoms with van der Waals surface area (Å²) in [5.74, 6) is 1.14. The van der Waals surface area contributed by atoms with Crippen molar-refractivity contribution in [1.29, 1.82) is 0 Å². The number of hydrogen-bond donors (Lipinski definition) is 1. The molecule has 98 valence electrons. The zero-order valence-corrected chi connectivity index (χ0v) is 11.3. The van der Waals surface area contributed by atoms with Crippen molar-refractivity contribution < 1.29 is 4.92 Å². The molecule has 0 radical (unpaired) electrons. The largest absolute Gasteiger partial charge is 0.381 e. The minimum absolute atomic E-state index is 0.145. The minimum atomic E-state index is -0.366. The Kier molecular flexibility index (Phi) is 4.47. The lowest BCUT2D eigenvalue weighted by Gasteiger charge is -2.21. The summed E-state index contributed by atoms with van der Waals surface area (Å²) >= 11 is 2.00. The molecule has 5 heteroatoms. The van der Waals surface area contributed by atoms with Gasteiger partial charge in [-0.05, 0) is 30.7 Å². The van der Waals surface area contributed by atoms with Crippen molar-refractivity contribution >= 4 is 23.1 Å². The number of hydrogen-bond acceptors (Lipinski definition) is 4. The van der Waals surface area contributed by atoms with E-state index in [-0.39, 0.29) is 10.6 Å². The minimum Gasteiger partial charge on any atom is -0.381 e. The molecule has 1 saturated carbocycles. The molecule has 0 aliphatic heterocycles. The third kappa shape index (κ3) is 3.16. The number of non-ortho nitro benzene ring substituents is 1. The Morgan fingerprint density at radius 1 is 1.39 bits per heavy atom. The van der Waals surface area contributed by atoms with Crippen LogP contribution in [0.2, 0.25) is 0 Å². The van der Waals surface area contributed by atoms with E-state index < -0.39 is 0 Å². The van der Waals surface area contributed by atoms with Crippen LogP contribution in [0.5, 0.6) is 0 Å². The molecular formula is C13H18N2O2S. The molecule has 2 atom stereocenters. The summed E-state index contributed by atoms with van der Waals surface area (Å²) in [4.78, 5) is 10.2. The number of nitrogens with zero attached hydrogens (tertiary/aromatic N) is 1. The number of anilines is 1. The number of rotatable bonds is 5. The summed E-state index contributed by atoms with van der Waals surface area (Å²) in [5, 5.41) is 14.7. The second-order valence-corrected chi connectivity index (χ2v) is 6.00. The molecule has 0 bridgehead atoms. The highest BCUT2D eigenvalue weighted by atomic mass is 32.2. The fraction of sp³-hybridized carbons (Fsp3) is 0.538. The van der Waals surface area contributed by atoms with Gasteiger partial charge in [0.15, 0.2) is 0 Å². The summed E-state index contributed by atoms with van der Waals surface area (Å²) < 4.78 is 0. The summed E-state index contributed by atoms with van der Waals surface area (Å²) in [6.07, 6.45) is 3.72. The van der Waals surface area contributed by atoms with Crippen LogP contribution >= 0.6 is 11.8 Å². The van der Waals surface area contributed by atoms with Crippen LogP contribution in [0.4, 0.5) is 11.4 Å². The lowest BCUT2D eigenvalue weighted by atomic mass is 10.2. The topological polar surface area (TPSA) is 55.2 Å². The van der Waals surface area contributed by atoms with Gasteiger partial charge < -0.3 is 5.32 Å². The second kappa shape index (κ2) is 6.09. The Bertz CT molecular complexity index is 408. The van der Waals surface area contributed by atoms with E-state index in [1.807, 2.05) is 11.8 Å². The monoisotopic (exact) mass is 266 g/mol. The molecule has 18 heavy (non-hydrogen) atoms. The van der Waals surface area contributed by atoms with E-state index in [9.17, 15) is 10.1 Å². The van der Waals surface area contributed by atoms with Gasteiger partial charge in [0.25, 0.3) is 5.69 Å². The van der Waals surface area contributed by atoms with E-state index in [4.69, 9.17) is 0 Å². The van der Waals surface area contributed by atoms with Gasteiger partial charge in [0.05, 0.1) is 4.92 Å². The quantitative estimate of drug-likeness (QED) is 0.652. The number of benzene rings is 1. The summed E-state index contributed by atoms with van der Waals surface area (Å²) in [7, 11) is 0. The molecule has 1 fully saturated rings.